The number of anilines is 1. The molecular formula is C18H16F3N3O2S. The molecule has 27 heavy (non-hydrogen) atoms. The number of carbonyl (C=O) groups is 1. The second-order valence-corrected chi connectivity index (χ2v) is 6.77. The highest BCUT2D eigenvalue weighted by Crippen LogP contribution is 2.38. The molecular weight excluding hydrogens is 379 g/mol. The fourth-order valence-electron chi connectivity index (χ4n) is 2.75. The van der Waals surface area contributed by atoms with E-state index in [1.807, 2.05) is 6.92 Å². The molecule has 0 saturated heterocycles. The summed E-state index contributed by atoms with van der Waals surface area (Å²) in [6, 6.07) is 3.41. The number of rotatable bonds is 5. The van der Waals surface area contributed by atoms with Crippen LogP contribution in [0.1, 0.15) is 41.4 Å². The van der Waals surface area contributed by atoms with E-state index in [0.717, 1.165) is 12.5 Å². The number of pyridine rings is 1. The summed E-state index contributed by atoms with van der Waals surface area (Å²) in [6.45, 7) is 1.91. The molecule has 3 aromatic rings. The number of aromatic hydroxyl groups is 1. The Morgan fingerprint density at radius 2 is 2.11 bits per heavy atom. The Bertz CT molecular complexity index is 972. The van der Waals surface area contributed by atoms with Crippen LogP contribution in [0, 0.1) is 0 Å². The number of thiazole rings is 1. The van der Waals surface area contributed by atoms with Crippen molar-refractivity contribution < 1.29 is 23.1 Å². The summed E-state index contributed by atoms with van der Waals surface area (Å²) in [7, 11) is 0. The third-order valence-corrected chi connectivity index (χ3v) is 4.70. The average molecular weight is 395 g/mol. The molecule has 142 valence electrons. The smallest absolute Gasteiger partial charge is 0.418 e. The molecule has 1 amide bonds. The second kappa shape index (κ2) is 7.51. The maximum Gasteiger partial charge on any atom is 0.418 e. The van der Waals surface area contributed by atoms with Crippen LogP contribution in [0.4, 0.5) is 18.3 Å². The van der Waals surface area contributed by atoms with E-state index in [1.165, 1.54) is 29.7 Å². The number of para-hydroxylation sites is 1. The van der Waals surface area contributed by atoms with Crippen LogP contribution in [0.3, 0.4) is 0 Å². The van der Waals surface area contributed by atoms with E-state index >= 15 is 0 Å². The lowest BCUT2D eigenvalue weighted by atomic mass is 10.0. The van der Waals surface area contributed by atoms with E-state index in [0.29, 0.717) is 11.6 Å². The van der Waals surface area contributed by atoms with Gasteiger partial charge in [-0.2, -0.15) is 13.2 Å². The maximum atomic E-state index is 13.3. The van der Waals surface area contributed by atoms with Gasteiger partial charge in [-0.25, -0.2) is 4.98 Å². The van der Waals surface area contributed by atoms with Crippen LogP contribution in [0.15, 0.2) is 29.8 Å². The first-order chi connectivity index (χ1) is 12.8. The molecule has 0 fully saturated rings. The zero-order valence-corrected chi connectivity index (χ0v) is 15.1. The monoisotopic (exact) mass is 395 g/mol. The topological polar surface area (TPSA) is 75.1 Å². The molecule has 9 heteroatoms. The summed E-state index contributed by atoms with van der Waals surface area (Å²) < 4.78 is 40.0. The van der Waals surface area contributed by atoms with Gasteiger partial charge in [0.25, 0.3) is 5.91 Å². The molecule has 0 spiro atoms. The fourth-order valence-corrected chi connectivity index (χ4v) is 3.28. The van der Waals surface area contributed by atoms with Crippen molar-refractivity contribution in [3.63, 3.8) is 0 Å². The molecule has 2 heterocycles. The van der Waals surface area contributed by atoms with Crippen molar-refractivity contribution >= 4 is 33.3 Å². The Labute approximate surface area is 156 Å². The Balaban J connectivity index is 2.19. The lowest BCUT2D eigenvalue weighted by Crippen LogP contribution is -2.17. The van der Waals surface area contributed by atoms with E-state index < -0.39 is 23.4 Å². The number of unbranched alkanes of at least 4 members (excludes halogenated alkanes) is 1. The van der Waals surface area contributed by atoms with Crippen molar-refractivity contribution in [2.24, 2.45) is 0 Å². The van der Waals surface area contributed by atoms with E-state index in [2.05, 4.69) is 15.3 Å². The molecule has 0 atom stereocenters. The van der Waals surface area contributed by atoms with Gasteiger partial charge in [0.05, 0.1) is 16.8 Å². The van der Waals surface area contributed by atoms with Gasteiger partial charge in [0.2, 0.25) is 0 Å². The van der Waals surface area contributed by atoms with Crippen molar-refractivity contribution in [1.29, 1.82) is 0 Å². The summed E-state index contributed by atoms with van der Waals surface area (Å²) in [5, 5.41) is 15.1. The fraction of sp³-hybridized carbons (Fsp3) is 0.278. The van der Waals surface area contributed by atoms with Crippen molar-refractivity contribution in [3.05, 3.63) is 46.6 Å². The first kappa shape index (κ1) is 19.1. The number of fused-ring (bicyclic) bond motifs is 1. The van der Waals surface area contributed by atoms with E-state index in [9.17, 15) is 23.1 Å². The van der Waals surface area contributed by atoms with Crippen molar-refractivity contribution in [1.82, 2.24) is 9.97 Å². The Hall–Kier alpha value is -2.68. The van der Waals surface area contributed by atoms with Crippen molar-refractivity contribution in [3.8, 4) is 5.75 Å². The molecule has 0 bridgehead atoms. The number of alkyl halides is 3. The van der Waals surface area contributed by atoms with Gasteiger partial charge in [0.1, 0.15) is 11.3 Å². The standard InChI is InChI=1S/C18H16F3N3O2S/c1-2-3-7-12-13(16(26)24-17-22-8-9-27-17)15(25)10-5-4-6-11(14(10)23-12)18(19,20)21/h4-6,8-9H,2-3,7H2,1H3,(H,23,25)(H,22,24,26). The Morgan fingerprint density at radius 1 is 1.33 bits per heavy atom. The van der Waals surface area contributed by atoms with Crippen molar-refractivity contribution in [2.45, 2.75) is 32.4 Å². The zero-order chi connectivity index (χ0) is 19.6. The molecule has 0 aliphatic carbocycles. The molecule has 0 aliphatic rings. The minimum Gasteiger partial charge on any atom is -0.506 e. The number of halogens is 3. The van der Waals surface area contributed by atoms with Gasteiger partial charge in [-0.05, 0) is 25.0 Å². The van der Waals surface area contributed by atoms with Gasteiger partial charge in [-0.3, -0.25) is 15.1 Å². The number of aromatic nitrogens is 2. The minimum absolute atomic E-state index is 0.116. The van der Waals surface area contributed by atoms with Crippen LogP contribution < -0.4 is 5.32 Å². The van der Waals surface area contributed by atoms with Crippen LogP contribution in [-0.2, 0) is 12.6 Å². The predicted molar refractivity (Wildman–Crippen MR) is 97.1 cm³/mol. The molecule has 3 rings (SSSR count). The van der Waals surface area contributed by atoms with E-state index in [-0.39, 0.29) is 28.6 Å². The number of nitrogens with one attached hydrogen (secondary N) is 1. The number of hydrogen-bond donors (Lipinski definition) is 2. The second-order valence-electron chi connectivity index (χ2n) is 5.88. The molecule has 0 radical (unpaired) electrons. The normalized spacial score (nSPS) is 11.7. The molecule has 0 aliphatic heterocycles. The molecule has 0 unspecified atom stereocenters. The summed E-state index contributed by atoms with van der Waals surface area (Å²) in [6.07, 6.45) is -1.47. The number of hydrogen-bond acceptors (Lipinski definition) is 5. The predicted octanol–water partition coefficient (Wildman–Crippen LogP) is 5.01. The van der Waals surface area contributed by atoms with Gasteiger partial charge >= 0.3 is 6.18 Å². The number of aryl methyl sites for hydroxylation is 1. The highest BCUT2D eigenvalue weighted by Gasteiger charge is 2.34. The van der Waals surface area contributed by atoms with Crippen molar-refractivity contribution in [2.75, 3.05) is 5.32 Å². The largest absolute Gasteiger partial charge is 0.506 e. The summed E-state index contributed by atoms with van der Waals surface area (Å²) in [5.74, 6) is -1.16. The average Bonchev–Trinajstić information content (AvgIpc) is 3.11. The lowest BCUT2D eigenvalue weighted by Gasteiger charge is -2.16. The quantitative estimate of drug-likeness (QED) is 0.637. The highest BCUT2D eigenvalue weighted by atomic mass is 32.1. The van der Waals surface area contributed by atoms with Crippen LogP contribution in [-0.4, -0.2) is 21.0 Å². The molecule has 2 N–H and O–H groups in total. The zero-order valence-electron chi connectivity index (χ0n) is 14.3. The molecule has 0 saturated carbocycles. The SMILES string of the molecule is CCCCc1nc2c(C(F)(F)F)cccc2c(O)c1C(=O)Nc1nccs1. The lowest BCUT2D eigenvalue weighted by molar-refractivity contribution is -0.136. The van der Waals surface area contributed by atoms with Crippen LogP contribution >= 0.6 is 11.3 Å². The first-order valence-corrected chi connectivity index (χ1v) is 9.13. The summed E-state index contributed by atoms with van der Waals surface area (Å²) >= 11 is 1.19. The number of amides is 1. The molecule has 5 nitrogen and oxygen atoms in total. The van der Waals surface area contributed by atoms with Gasteiger partial charge in [0, 0.05) is 17.0 Å². The van der Waals surface area contributed by atoms with E-state index in [4.69, 9.17) is 0 Å². The van der Waals surface area contributed by atoms with Gasteiger partial charge in [0.15, 0.2) is 5.13 Å². The Kier molecular flexibility index (Phi) is 5.31. The highest BCUT2D eigenvalue weighted by molar-refractivity contribution is 7.13. The maximum absolute atomic E-state index is 13.3. The molecule has 1 aromatic carbocycles. The number of benzene rings is 1. The number of nitrogens with zero attached hydrogens (tertiary/aromatic N) is 2. The van der Waals surface area contributed by atoms with Gasteiger partial charge in [-0.15, -0.1) is 11.3 Å². The van der Waals surface area contributed by atoms with Gasteiger partial charge < -0.3 is 5.11 Å². The Morgan fingerprint density at radius 3 is 2.74 bits per heavy atom. The third-order valence-electron chi connectivity index (χ3n) is 4.02. The van der Waals surface area contributed by atoms with Crippen LogP contribution in [0.5, 0.6) is 5.75 Å². The van der Waals surface area contributed by atoms with Crippen LogP contribution in [0.2, 0.25) is 0 Å². The summed E-state index contributed by atoms with van der Waals surface area (Å²) in [4.78, 5) is 20.8. The van der Waals surface area contributed by atoms with E-state index in [1.54, 1.807) is 5.38 Å². The summed E-state index contributed by atoms with van der Waals surface area (Å²) in [5.41, 5.74) is -1.29. The minimum atomic E-state index is -4.62. The molecule has 2 aromatic heterocycles. The third kappa shape index (κ3) is 3.87. The first-order valence-electron chi connectivity index (χ1n) is 8.25. The van der Waals surface area contributed by atoms with Gasteiger partial charge in [-0.1, -0.05) is 19.4 Å². The van der Waals surface area contributed by atoms with Crippen LogP contribution in [0.25, 0.3) is 10.9 Å². The number of carbonyl (C=O) groups excluding carboxylic acids is 1.